The molecule has 3 aromatic rings. The molecule has 3 aromatic heterocycles. The number of pyridine rings is 1. The number of methoxy groups -OCH3 is 1. The Morgan fingerprint density at radius 2 is 2.27 bits per heavy atom. The Bertz CT molecular complexity index is 990. The second-order valence-electron chi connectivity index (χ2n) is 6.02. The average molecular weight is 357 g/mol. The van der Waals surface area contributed by atoms with Gasteiger partial charge in [0.2, 0.25) is 5.88 Å². The highest BCUT2D eigenvalue weighted by atomic mass is 19.1. The fourth-order valence-corrected chi connectivity index (χ4v) is 3.33. The number of anilines is 1. The minimum atomic E-state index is -0.519. The number of carbonyl (C=O) groups excluding carboxylic acids is 1. The number of nitrogens with zero attached hydrogens (tertiary/aromatic N) is 5. The quantitative estimate of drug-likeness (QED) is 0.718. The van der Waals surface area contributed by atoms with E-state index in [-0.39, 0.29) is 17.5 Å². The molecule has 1 atom stereocenters. The number of aromatic nitrogens is 4. The Morgan fingerprint density at radius 1 is 1.42 bits per heavy atom. The standard InChI is InChI=1S/C17H16FN5O3/c1-26-17(25)12-9-20-23-6-4-14(21-15(12)23)22-5-2-3-13(22)11-7-10(18)8-19-16(11)24/h4,6-9,13H,2-3,5H2,1H3,(H,19,24)/t13-/m1/s1. The largest absolute Gasteiger partial charge is 0.493 e. The molecule has 0 aromatic carbocycles. The van der Waals surface area contributed by atoms with E-state index >= 15 is 0 Å². The molecule has 4 rings (SSSR count). The Morgan fingerprint density at radius 3 is 3.08 bits per heavy atom. The molecule has 134 valence electrons. The molecule has 1 fully saturated rings. The summed E-state index contributed by atoms with van der Waals surface area (Å²) in [6.45, 7) is 0.686. The van der Waals surface area contributed by atoms with Crippen molar-refractivity contribution in [2.45, 2.75) is 18.9 Å². The van der Waals surface area contributed by atoms with Crippen molar-refractivity contribution >= 4 is 17.4 Å². The van der Waals surface area contributed by atoms with E-state index in [1.165, 1.54) is 23.9 Å². The monoisotopic (exact) mass is 357 g/mol. The molecule has 1 aliphatic rings. The third kappa shape index (κ3) is 2.61. The van der Waals surface area contributed by atoms with Gasteiger partial charge in [-0.2, -0.15) is 5.10 Å². The number of esters is 1. The van der Waals surface area contributed by atoms with Crippen LogP contribution in [0.3, 0.4) is 0 Å². The molecule has 4 heterocycles. The van der Waals surface area contributed by atoms with Gasteiger partial charge in [0.15, 0.2) is 5.65 Å². The van der Waals surface area contributed by atoms with Crippen LogP contribution in [0.4, 0.5) is 10.2 Å². The number of halogens is 1. The lowest BCUT2D eigenvalue weighted by Gasteiger charge is -2.26. The topological polar surface area (TPSA) is 92.8 Å². The molecule has 8 nitrogen and oxygen atoms in total. The minimum Gasteiger partial charge on any atom is -0.493 e. The Balaban J connectivity index is 1.76. The Hall–Kier alpha value is -3.23. The van der Waals surface area contributed by atoms with Crippen LogP contribution in [0.2, 0.25) is 0 Å². The first-order valence-electron chi connectivity index (χ1n) is 8.12. The van der Waals surface area contributed by atoms with Crippen LogP contribution >= 0.6 is 0 Å². The van der Waals surface area contributed by atoms with Crippen LogP contribution in [0.15, 0.2) is 30.7 Å². The van der Waals surface area contributed by atoms with Crippen molar-refractivity contribution in [3.63, 3.8) is 0 Å². The number of carbonyl (C=O) groups is 1. The van der Waals surface area contributed by atoms with Crippen molar-refractivity contribution < 1.29 is 19.0 Å². The van der Waals surface area contributed by atoms with E-state index in [9.17, 15) is 14.3 Å². The van der Waals surface area contributed by atoms with Crippen molar-refractivity contribution in [1.29, 1.82) is 0 Å². The van der Waals surface area contributed by atoms with Crippen LogP contribution in [0, 0.1) is 5.82 Å². The van der Waals surface area contributed by atoms with Crippen LogP contribution < -0.4 is 4.90 Å². The number of hydrogen-bond donors (Lipinski definition) is 1. The number of fused-ring (bicyclic) bond motifs is 1. The zero-order valence-electron chi connectivity index (χ0n) is 14.0. The van der Waals surface area contributed by atoms with Crippen LogP contribution in [-0.4, -0.2) is 44.3 Å². The summed E-state index contributed by atoms with van der Waals surface area (Å²) in [5.74, 6) is -0.607. The van der Waals surface area contributed by atoms with E-state index in [1.807, 2.05) is 4.90 Å². The lowest BCUT2D eigenvalue weighted by molar-refractivity contribution is 0.0602. The van der Waals surface area contributed by atoms with Crippen LogP contribution in [0.5, 0.6) is 5.88 Å². The molecular formula is C17H16FN5O3. The first-order chi connectivity index (χ1) is 12.6. The van der Waals surface area contributed by atoms with Crippen LogP contribution in [0.1, 0.15) is 34.8 Å². The summed E-state index contributed by atoms with van der Waals surface area (Å²) < 4.78 is 19.9. The Labute approximate surface area is 147 Å². The highest BCUT2D eigenvalue weighted by Crippen LogP contribution is 2.38. The summed E-state index contributed by atoms with van der Waals surface area (Å²) in [6.07, 6.45) is 5.67. The molecule has 26 heavy (non-hydrogen) atoms. The van der Waals surface area contributed by atoms with Gasteiger partial charge in [0, 0.05) is 18.3 Å². The number of hydrogen-bond acceptors (Lipinski definition) is 7. The molecule has 0 aliphatic carbocycles. The zero-order chi connectivity index (χ0) is 18.3. The maximum absolute atomic E-state index is 13.6. The molecule has 0 saturated carbocycles. The maximum atomic E-state index is 13.6. The van der Waals surface area contributed by atoms with Gasteiger partial charge >= 0.3 is 5.97 Å². The predicted octanol–water partition coefficient (Wildman–Crippen LogP) is 2.10. The number of aromatic hydroxyl groups is 1. The summed E-state index contributed by atoms with van der Waals surface area (Å²) in [6, 6.07) is 2.81. The van der Waals surface area contributed by atoms with Crippen molar-refractivity contribution in [1.82, 2.24) is 19.6 Å². The molecule has 0 amide bonds. The predicted molar refractivity (Wildman–Crippen MR) is 89.5 cm³/mol. The third-order valence-electron chi connectivity index (χ3n) is 4.53. The molecule has 0 unspecified atom stereocenters. The van der Waals surface area contributed by atoms with Gasteiger partial charge in [-0.05, 0) is 25.0 Å². The van der Waals surface area contributed by atoms with Crippen LogP contribution in [-0.2, 0) is 4.74 Å². The van der Waals surface area contributed by atoms with Gasteiger partial charge in [0.05, 0.1) is 25.5 Å². The second-order valence-corrected chi connectivity index (χ2v) is 6.02. The van der Waals surface area contributed by atoms with Crippen molar-refractivity contribution in [2.24, 2.45) is 0 Å². The van der Waals surface area contributed by atoms with Gasteiger partial charge in [0.1, 0.15) is 17.2 Å². The van der Waals surface area contributed by atoms with Gasteiger partial charge in [-0.25, -0.2) is 23.7 Å². The molecule has 0 spiro atoms. The Kier molecular flexibility index (Phi) is 3.90. The molecule has 1 aliphatic heterocycles. The van der Waals surface area contributed by atoms with E-state index in [0.717, 1.165) is 19.0 Å². The zero-order valence-corrected chi connectivity index (χ0v) is 14.0. The van der Waals surface area contributed by atoms with Gasteiger partial charge in [-0.15, -0.1) is 0 Å². The van der Waals surface area contributed by atoms with Gasteiger partial charge in [-0.1, -0.05) is 0 Å². The number of rotatable bonds is 3. The first kappa shape index (κ1) is 16.2. The molecule has 1 N–H and O–H groups in total. The molecule has 1 saturated heterocycles. The summed E-state index contributed by atoms with van der Waals surface area (Å²) >= 11 is 0. The van der Waals surface area contributed by atoms with E-state index in [2.05, 4.69) is 15.1 Å². The lowest BCUT2D eigenvalue weighted by Crippen LogP contribution is -2.24. The van der Waals surface area contributed by atoms with Gasteiger partial charge < -0.3 is 14.7 Å². The molecule has 0 radical (unpaired) electrons. The van der Waals surface area contributed by atoms with Gasteiger partial charge in [0.25, 0.3) is 0 Å². The maximum Gasteiger partial charge on any atom is 0.343 e. The average Bonchev–Trinajstić information content (AvgIpc) is 3.29. The highest BCUT2D eigenvalue weighted by Gasteiger charge is 2.30. The third-order valence-corrected chi connectivity index (χ3v) is 4.53. The first-order valence-corrected chi connectivity index (χ1v) is 8.12. The fraction of sp³-hybridized carbons (Fsp3) is 0.294. The molecule has 9 heteroatoms. The van der Waals surface area contributed by atoms with E-state index in [0.29, 0.717) is 23.6 Å². The second kappa shape index (κ2) is 6.25. The smallest absolute Gasteiger partial charge is 0.343 e. The van der Waals surface area contributed by atoms with Crippen molar-refractivity contribution in [2.75, 3.05) is 18.6 Å². The van der Waals surface area contributed by atoms with E-state index in [4.69, 9.17) is 4.74 Å². The van der Waals surface area contributed by atoms with E-state index in [1.54, 1.807) is 12.3 Å². The number of ether oxygens (including phenoxy) is 1. The summed E-state index contributed by atoms with van der Waals surface area (Å²) in [7, 11) is 1.30. The van der Waals surface area contributed by atoms with Gasteiger partial charge in [-0.3, -0.25) is 0 Å². The molecular weight excluding hydrogens is 341 g/mol. The van der Waals surface area contributed by atoms with Crippen molar-refractivity contribution in [3.05, 3.63) is 47.7 Å². The fourth-order valence-electron chi connectivity index (χ4n) is 3.33. The SMILES string of the molecule is COC(=O)c1cnn2ccc(N3CCC[C@@H]3c3cc(F)cnc3O)nc12. The van der Waals surface area contributed by atoms with E-state index < -0.39 is 11.8 Å². The summed E-state index contributed by atoms with van der Waals surface area (Å²) in [4.78, 5) is 22.1. The highest BCUT2D eigenvalue weighted by molar-refractivity contribution is 5.95. The lowest BCUT2D eigenvalue weighted by atomic mass is 10.1. The summed E-state index contributed by atoms with van der Waals surface area (Å²) in [5, 5.41) is 14.1. The van der Waals surface area contributed by atoms with Crippen molar-refractivity contribution in [3.8, 4) is 5.88 Å². The molecule has 0 bridgehead atoms. The van der Waals surface area contributed by atoms with Crippen LogP contribution in [0.25, 0.3) is 5.65 Å². The minimum absolute atomic E-state index is 0.191. The summed E-state index contributed by atoms with van der Waals surface area (Å²) in [5.41, 5.74) is 1.06. The normalized spacial score (nSPS) is 17.0.